The van der Waals surface area contributed by atoms with Crippen molar-refractivity contribution >= 4 is 94.0 Å². The molecule has 0 saturated heterocycles. The van der Waals surface area contributed by atoms with E-state index in [1.807, 2.05) is 204 Å². The molecular formula is C76H94N16O4. The van der Waals surface area contributed by atoms with Crippen molar-refractivity contribution in [2.75, 3.05) is 44.2 Å². The number of aromatic nitrogens is 8. The maximum Gasteiger partial charge on any atom is 0.228 e. The number of benzene rings is 4. The second-order valence-electron chi connectivity index (χ2n) is 25.2. The van der Waals surface area contributed by atoms with Crippen LogP contribution in [0.2, 0.25) is 0 Å². The number of amides is 4. The van der Waals surface area contributed by atoms with Crippen LogP contribution in [-0.2, 0) is 19.2 Å². The monoisotopic (exact) mass is 1290 g/mol. The highest BCUT2D eigenvalue weighted by atomic mass is 16.2. The number of anilines is 8. The zero-order valence-electron chi connectivity index (χ0n) is 57.8. The third kappa shape index (κ3) is 24.6. The largest absolute Gasteiger partial charge is 0.399 e. The molecule has 1 unspecified atom stereocenters. The molecule has 20 nitrogen and oxygen atoms in total. The maximum absolute atomic E-state index is 12.5. The Balaban J connectivity index is 0.000000203. The Labute approximate surface area is 565 Å². The molecule has 1 aliphatic carbocycles. The van der Waals surface area contributed by atoms with Gasteiger partial charge < -0.3 is 44.2 Å². The average molecular weight is 1300 g/mol. The van der Waals surface area contributed by atoms with Gasteiger partial charge in [0.25, 0.3) is 0 Å². The third-order valence-electron chi connectivity index (χ3n) is 14.6. The van der Waals surface area contributed by atoms with E-state index >= 15 is 0 Å². The van der Waals surface area contributed by atoms with E-state index in [1.165, 1.54) is 26.2 Å². The van der Waals surface area contributed by atoms with Gasteiger partial charge >= 0.3 is 0 Å². The second kappa shape index (κ2) is 36.6. The number of carbonyl (C=O) groups excluding carboxylic acids is 4. The van der Waals surface area contributed by atoms with E-state index in [2.05, 4.69) is 56.2 Å². The van der Waals surface area contributed by atoms with Gasteiger partial charge in [0.1, 0.15) is 22.8 Å². The number of nitrogens with one attached hydrogen (secondary N) is 4. The second-order valence-corrected chi connectivity index (χ2v) is 25.2. The van der Waals surface area contributed by atoms with E-state index in [0.29, 0.717) is 93.5 Å². The zero-order chi connectivity index (χ0) is 70.0. The molecule has 4 aromatic heterocycles. The van der Waals surface area contributed by atoms with Crippen LogP contribution in [0.3, 0.4) is 0 Å². The summed E-state index contributed by atoms with van der Waals surface area (Å²) in [4.78, 5) is 84.1. The van der Waals surface area contributed by atoms with Crippen LogP contribution in [0.4, 0.5) is 46.0 Å². The highest BCUT2D eigenvalue weighted by Crippen LogP contribution is 2.30. The van der Waals surface area contributed by atoms with Gasteiger partial charge in [0, 0.05) is 70.7 Å². The van der Waals surface area contributed by atoms with Crippen molar-refractivity contribution in [2.24, 2.45) is 17.8 Å². The van der Waals surface area contributed by atoms with Crippen LogP contribution < -0.4 is 44.2 Å². The van der Waals surface area contributed by atoms with Crippen LogP contribution in [0.15, 0.2) is 144 Å². The summed E-state index contributed by atoms with van der Waals surface area (Å²) in [6.45, 7) is 25.2. The van der Waals surface area contributed by atoms with Crippen molar-refractivity contribution in [3.8, 4) is 45.0 Å². The number of nitrogen functional groups attached to an aromatic ring is 4. The molecule has 4 amide bonds. The molecule has 1 atom stereocenters. The lowest BCUT2D eigenvalue weighted by Gasteiger charge is -2.20. The molecule has 20 heteroatoms. The summed E-state index contributed by atoms with van der Waals surface area (Å²) in [5.74, 6) is 2.43. The number of rotatable bonds is 18. The molecule has 502 valence electrons. The molecule has 1 aliphatic rings. The van der Waals surface area contributed by atoms with Crippen LogP contribution in [0.5, 0.6) is 0 Å². The summed E-state index contributed by atoms with van der Waals surface area (Å²) in [7, 11) is 0. The quantitative estimate of drug-likeness (QED) is 0.0370. The normalized spacial score (nSPS) is 11.9. The first-order valence-electron chi connectivity index (χ1n) is 32.4. The third-order valence-corrected chi connectivity index (χ3v) is 14.6. The fourth-order valence-electron chi connectivity index (χ4n) is 9.65. The summed E-state index contributed by atoms with van der Waals surface area (Å²) in [6.07, 6.45) is 22.2. The number of allylic oxidation sites excluding steroid dienone is 4. The van der Waals surface area contributed by atoms with Gasteiger partial charge in [-0.1, -0.05) is 118 Å². The molecule has 1 saturated carbocycles. The minimum Gasteiger partial charge on any atom is -0.399 e. The molecule has 0 aliphatic heterocycles. The number of nitrogens with two attached hydrogens (primary N) is 4. The lowest BCUT2D eigenvalue weighted by atomic mass is 9.87. The summed E-state index contributed by atoms with van der Waals surface area (Å²) in [6, 6.07) is 29.9. The summed E-state index contributed by atoms with van der Waals surface area (Å²) < 4.78 is 0. The Hall–Kier alpha value is -10.8. The minimum absolute atomic E-state index is 0.0276. The fraction of sp³-hybridized carbons (Fsp3) is 0.316. The van der Waals surface area contributed by atoms with E-state index < -0.39 is 0 Å². The maximum atomic E-state index is 12.5. The van der Waals surface area contributed by atoms with Crippen LogP contribution >= 0.6 is 0 Å². The minimum atomic E-state index is -0.173. The Morgan fingerprint density at radius 2 is 0.719 bits per heavy atom. The van der Waals surface area contributed by atoms with Crippen molar-refractivity contribution in [3.05, 3.63) is 167 Å². The van der Waals surface area contributed by atoms with Gasteiger partial charge in [0.2, 0.25) is 23.6 Å². The number of carbonyl (C=O) groups is 4. The first kappa shape index (κ1) is 74.3. The predicted octanol–water partition coefficient (Wildman–Crippen LogP) is 16.4. The van der Waals surface area contributed by atoms with E-state index in [-0.39, 0.29) is 29.5 Å². The highest BCUT2D eigenvalue weighted by molar-refractivity contribution is 5.94. The van der Waals surface area contributed by atoms with E-state index in [1.54, 1.807) is 24.8 Å². The number of hydrogen-bond donors (Lipinski definition) is 8. The first-order chi connectivity index (χ1) is 45.7. The van der Waals surface area contributed by atoms with Gasteiger partial charge in [0.05, 0.1) is 47.6 Å². The van der Waals surface area contributed by atoms with Crippen molar-refractivity contribution < 1.29 is 19.2 Å². The molecule has 4 heterocycles. The van der Waals surface area contributed by atoms with Crippen molar-refractivity contribution in [3.63, 3.8) is 0 Å². The van der Waals surface area contributed by atoms with E-state index in [4.69, 9.17) is 27.9 Å². The van der Waals surface area contributed by atoms with Gasteiger partial charge in [-0.2, -0.15) is 0 Å². The van der Waals surface area contributed by atoms with E-state index in [0.717, 1.165) is 86.6 Å². The summed E-state index contributed by atoms with van der Waals surface area (Å²) >= 11 is 0. The van der Waals surface area contributed by atoms with Crippen LogP contribution in [0.25, 0.3) is 69.3 Å². The van der Waals surface area contributed by atoms with Crippen molar-refractivity contribution in [1.29, 1.82) is 0 Å². The Kier molecular flexibility index (Phi) is 28.3. The lowest BCUT2D eigenvalue weighted by Crippen LogP contribution is -2.21. The molecular weight excluding hydrogens is 1200 g/mol. The van der Waals surface area contributed by atoms with Gasteiger partial charge in [-0.25, -0.2) is 39.9 Å². The predicted molar refractivity (Wildman–Crippen MR) is 395 cm³/mol. The average Bonchev–Trinajstić information content (AvgIpc) is 0.891. The zero-order valence-corrected chi connectivity index (χ0v) is 57.8. The SMILES string of the molecule is CC(=O)Nc1ncc(-c2ccc(N)cc2)nc1C=C(C)C.CC(C)=Cc1nc(-c2ccc(N)cc2)cnc1NC(=O)CC(C)C.CC(C)=Cc1nc(-c2ccc(N)cc2)cnc1NC(=O)CC1CCCCC1.CCC(C)C(=O)Nc1ncc(-c2ccc(N)cc2)nc1C=C(C)C. The van der Waals surface area contributed by atoms with Crippen LogP contribution in [0.1, 0.15) is 164 Å². The molecule has 9 rings (SSSR count). The fourth-order valence-corrected chi connectivity index (χ4v) is 9.65. The molecule has 0 bridgehead atoms. The molecule has 1 fully saturated rings. The van der Waals surface area contributed by atoms with Gasteiger partial charge in [-0.3, -0.25) is 19.2 Å². The molecule has 0 radical (unpaired) electrons. The summed E-state index contributed by atoms with van der Waals surface area (Å²) in [5.41, 5.74) is 39.4. The Morgan fingerprint density at radius 3 is 1.00 bits per heavy atom. The highest BCUT2D eigenvalue weighted by Gasteiger charge is 2.20. The Bertz CT molecular complexity index is 4040. The Morgan fingerprint density at radius 1 is 0.427 bits per heavy atom. The van der Waals surface area contributed by atoms with Crippen LogP contribution in [0, 0.1) is 17.8 Å². The molecule has 4 aromatic carbocycles. The van der Waals surface area contributed by atoms with E-state index in [9.17, 15) is 19.2 Å². The standard InChI is InChI=1S/C22H28N4O.2C19H24N4O.C16H18N4O/c1-15(2)12-19-22(26-21(27)13-16-6-4-3-5-7-16)24-14-20(25-19)17-8-10-18(23)11-9-17;1-12(2)9-16-19(23-18(24)10-13(3)4)21-11-17(22-16)14-5-7-15(20)8-6-14;1-5-13(4)19(24)23-18-16(10-12(2)3)22-17(11-21-18)14-6-8-15(20)9-7-14;1-10(2)8-14-16(19-11(3)21)18-9-15(20-14)12-4-6-13(17)7-5-12/h8-12,14,16H,3-7,13,23H2,1-2H3,(H,24,26,27);5-9,11,13H,10,20H2,1-4H3,(H,21,23,24);6-11,13H,5,20H2,1-4H3,(H,21,23,24);4-9H,17H2,1-3H3,(H,18,19,21). The molecule has 0 spiro atoms. The smallest absolute Gasteiger partial charge is 0.228 e. The number of hydrogen-bond acceptors (Lipinski definition) is 16. The molecule has 96 heavy (non-hydrogen) atoms. The summed E-state index contributed by atoms with van der Waals surface area (Å²) in [5, 5.41) is 11.4. The first-order valence-corrected chi connectivity index (χ1v) is 32.4. The van der Waals surface area contributed by atoms with Crippen LogP contribution in [-0.4, -0.2) is 63.5 Å². The molecule has 8 aromatic rings. The topological polar surface area (TPSA) is 324 Å². The van der Waals surface area contributed by atoms with Gasteiger partial charge in [-0.05, 0) is 159 Å². The van der Waals surface area contributed by atoms with Gasteiger partial charge in [0.15, 0.2) is 23.3 Å². The molecule has 12 N–H and O–H groups in total. The number of nitrogens with zero attached hydrogens (tertiary/aromatic N) is 8. The van der Waals surface area contributed by atoms with Crippen molar-refractivity contribution in [2.45, 2.75) is 141 Å². The van der Waals surface area contributed by atoms with Gasteiger partial charge in [-0.15, -0.1) is 0 Å². The van der Waals surface area contributed by atoms with Crippen molar-refractivity contribution in [1.82, 2.24) is 39.9 Å². The lowest BCUT2D eigenvalue weighted by molar-refractivity contribution is -0.119.